The Hall–Kier alpha value is -2.96. The van der Waals surface area contributed by atoms with Crippen LogP contribution in [-0.2, 0) is 19.8 Å². The summed E-state index contributed by atoms with van der Waals surface area (Å²) in [6, 6.07) is 7.96. The summed E-state index contributed by atoms with van der Waals surface area (Å²) in [7, 11) is 0. The van der Waals surface area contributed by atoms with Gasteiger partial charge in [-0.2, -0.15) is 0 Å². The number of unbranched alkanes of at least 4 members (excludes halogenated alkanes) is 11. The van der Waals surface area contributed by atoms with Crippen LogP contribution < -0.4 is 10.6 Å². The molecule has 1 saturated heterocycles. The fourth-order valence-corrected chi connectivity index (χ4v) is 4.41. The van der Waals surface area contributed by atoms with E-state index < -0.39 is 29.2 Å². The van der Waals surface area contributed by atoms with Crippen LogP contribution in [0.25, 0.3) is 0 Å². The highest BCUT2D eigenvalue weighted by atomic mass is 16.4. The molecule has 206 valence electrons. The second-order valence-electron chi connectivity index (χ2n) is 9.59. The largest absolute Gasteiger partial charge is 0.481 e. The van der Waals surface area contributed by atoms with Gasteiger partial charge in [-0.1, -0.05) is 108 Å². The van der Waals surface area contributed by atoms with Gasteiger partial charge in [0.1, 0.15) is 0 Å². The Bertz CT molecular complexity index is 831. The Labute approximate surface area is 222 Å². The summed E-state index contributed by atoms with van der Waals surface area (Å²) in [6.45, 7) is 4.00. The molecule has 1 aliphatic rings. The first-order valence-electron chi connectivity index (χ1n) is 14.0. The van der Waals surface area contributed by atoms with Gasteiger partial charge in [-0.15, -0.1) is 0 Å². The van der Waals surface area contributed by atoms with E-state index in [1.807, 2.05) is 0 Å². The number of carboxylic acid groups (broad SMARTS) is 1. The van der Waals surface area contributed by atoms with Gasteiger partial charge < -0.3 is 5.11 Å². The van der Waals surface area contributed by atoms with E-state index in [2.05, 4.69) is 29.7 Å². The molecule has 0 aliphatic carbocycles. The number of carboxylic acids is 1. The number of allylic oxidation sites excluding steroid dienone is 2. The second-order valence-corrected chi connectivity index (χ2v) is 9.59. The number of carbonyl (C=O) groups excluding carboxylic acids is 3. The number of nitrogens with one attached hydrogen (secondary N) is 2. The fourth-order valence-electron chi connectivity index (χ4n) is 4.41. The summed E-state index contributed by atoms with van der Waals surface area (Å²) in [5.74, 6) is -1.80. The third kappa shape index (κ3) is 12.2. The van der Waals surface area contributed by atoms with Gasteiger partial charge in [0, 0.05) is 6.42 Å². The van der Waals surface area contributed by atoms with Gasteiger partial charge in [0.25, 0.3) is 0 Å². The quantitative estimate of drug-likeness (QED) is 0.120. The lowest BCUT2D eigenvalue weighted by Crippen LogP contribution is -2.64. The summed E-state index contributed by atoms with van der Waals surface area (Å²) in [6.07, 6.45) is 21.5. The van der Waals surface area contributed by atoms with Crippen LogP contribution in [0.3, 0.4) is 0 Å². The number of benzene rings is 1. The third-order valence-electron chi connectivity index (χ3n) is 6.68. The van der Waals surface area contributed by atoms with Crippen molar-refractivity contribution < 1.29 is 24.3 Å². The van der Waals surface area contributed by atoms with Crippen molar-refractivity contribution in [1.29, 1.82) is 0 Å². The maximum absolute atomic E-state index is 12.0. The van der Waals surface area contributed by atoms with Crippen molar-refractivity contribution in [1.82, 2.24) is 10.6 Å². The molecule has 7 nitrogen and oxygen atoms in total. The van der Waals surface area contributed by atoms with E-state index in [1.165, 1.54) is 70.6 Å². The molecule has 0 atom stereocenters. The van der Waals surface area contributed by atoms with E-state index in [1.54, 1.807) is 37.3 Å². The molecule has 2 rings (SSSR count). The van der Waals surface area contributed by atoms with Crippen LogP contribution in [0.15, 0.2) is 42.5 Å². The zero-order chi connectivity index (χ0) is 27.4. The van der Waals surface area contributed by atoms with Crippen LogP contribution >= 0.6 is 0 Å². The molecule has 0 spiro atoms. The number of carbonyl (C=O) groups is 4. The number of urea groups is 1. The molecule has 4 amide bonds. The number of hydrogen-bond donors (Lipinski definition) is 3. The van der Waals surface area contributed by atoms with Gasteiger partial charge in [0.15, 0.2) is 5.41 Å². The Kier molecular flexibility index (Phi) is 16.6. The lowest BCUT2D eigenvalue weighted by molar-refractivity contribution is -0.139. The van der Waals surface area contributed by atoms with Crippen molar-refractivity contribution >= 4 is 23.8 Å². The fraction of sp³-hybridized carbons (Fsp3) is 0.600. The van der Waals surface area contributed by atoms with Crippen molar-refractivity contribution in [2.45, 2.75) is 116 Å². The number of amides is 4. The van der Waals surface area contributed by atoms with Crippen LogP contribution in [0.1, 0.15) is 116 Å². The lowest BCUT2D eigenvalue weighted by atomic mass is 9.75. The maximum atomic E-state index is 12.0. The Balaban J connectivity index is 0.000000373. The first-order chi connectivity index (χ1) is 17.9. The molecule has 1 fully saturated rings. The molecule has 0 unspecified atom stereocenters. The molecule has 37 heavy (non-hydrogen) atoms. The third-order valence-corrected chi connectivity index (χ3v) is 6.68. The van der Waals surface area contributed by atoms with Gasteiger partial charge in [-0.05, 0) is 44.1 Å². The molecule has 0 radical (unpaired) electrons. The summed E-state index contributed by atoms with van der Waals surface area (Å²) in [5, 5.41) is 12.8. The second kappa shape index (κ2) is 19.2. The molecule has 1 heterocycles. The van der Waals surface area contributed by atoms with Crippen LogP contribution in [0.2, 0.25) is 0 Å². The van der Waals surface area contributed by atoms with Crippen LogP contribution in [0.4, 0.5) is 4.79 Å². The predicted molar refractivity (Wildman–Crippen MR) is 147 cm³/mol. The predicted octanol–water partition coefficient (Wildman–Crippen LogP) is 6.81. The highest BCUT2D eigenvalue weighted by molar-refractivity contribution is 6.22. The highest BCUT2D eigenvalue weighted by Gasteiger charge is 2.50. The zero-order valence-corrected chi connectivity index (χ0v) is 22.7. The Morgan fingerprint density at radius 3 is 1.73 bits per heavy atom. The van der Waals surface area contributed by atoms with Gasteiger partial charge in [0.05, 0.1) is 0 Å². The van der Waals surface area contributed by atoms with Crippen LogP contribution in [-0.4, -0.2) is 28.9 Å². The summed E-state index contributed by atoms with van der Waals surface area (Å²) in [4.78, 5) is 45.3. The average Bonchev–Trinajstić information content (AvgIpc) is 2.87. The molecule has 3 N–H and O–H groups in total. The maximum Gasteiger partial charge on any atom is 0.328 e. The minimum absolute atomic E-state index is 0.294. The zero-order valence-electron chi connectivity index (χ0n) is 22.7. The Morgan fingerprint density at radius 2 is 1.24 bits per heavy atom. The number of hydrogen-bond acceptors (Lipinski definition) is 4. The highest BCUT2D eigenvalue weighted by Crippen LogP contribution is 2.30. The summed E-state index contributed by atoms with van der Waals surface area (Å²) >= 11 is 0. The van der Waals surface area contributed by atoms with Crippen molar-refractivity contribution in [3.8, 4) is 0 Å². The summed E-state index contributed by atoms with van der Waals surface area (Å²) < 4.78 is 0. The molecule has 0 saturated carbocycles. The minimum Gasteiger partial charge on any atom is -0.481 e. The van der Waals surface area contributed by atoms with Crippen molar-refractivity contribution in [3.05, 3.63) is 48.0 Å². The molecular weight excluding hydrogens is 468 g/mol. The van der Waals surface area contributed by atoms with Crippen LogP contribution in [0.5, 0.6) is 0 Å². The smallest absolute Gasteiger partial charge is 0.328 e. The van der Waals surface area contributed by atoms with Gasteiger partial charge >= 0.3 is 12.0 Å². The Morgan fingerprint density at radius 1 is 0.757 bits per heavy atom. The monoisotopic (exact) mass is 514 g/mol. The molecule has 1 aliphatic heterocycles. The van der Waals surface area contributed by atoms with E-state index in [0.717, 1.165) is 12.8 Å². The van der Waals surface area contributed by atoms with Crippen molar-refractivity contribution in [3.63, 3.8) is 0 Å². The average molecular weight is 515 g/mol. The van der Waals surface area contributed by atoms with E-state index in [9.17, 15) is 19.2 Å². The van der Waals surface area contributed by atoms with Crippen molar-refractivity contribution in [2.24, 2.45) is 0 Å². The van der Waals surface area contributed by atoms with E-state index in [-0.39, 0.29) is 0 Å². The molecular formula is C30H46N2O5. The van der Waals surface area contributed by atoms with Gasteiger partial charge in [-0.3, -0.25) is 25.0 Å². The standard InChI is InChI=1S/C18H34O2.C12H12N2O3/c1-2-3-4-5-6-7-8-9-10-11-12-13-14-15-16-17-18(19)20;1-2-12(8-6-4-3-5-7-8)9(15)13-11(17)14-10(12)16/h9-10H,2-8,11-17H2,1H3,(H,19,20);3-7H,2H2,1H3,(H2,13,14,15,16,17)/b10-9-;. The van der Waals surface area contributed by atoms with Gasteiger partial charge in [-0.25, -0.2) is 4.79 Å². The first kappa shape index (κ1) is 32.1. The number of rotatable bonds is 17. The number of aliphatic carboxylic acids is 1. The van der Waals surface area contributed by atoms with E-state index in [4.69, 9.17) is 5.11 Å². The van der Waals surface area contributed by atoms with Crippen LogP contribution in [0, 0.1) is 0 Å². The first-order valence-corrected chi connectivity index (χ1v) is 14.0. The molecule has 1 aromatic carbocycles. The SMILES string of the molecule is CCC1(c2ccccc2)C(=O)NC(=O)NC1=O.CCCCCCCC/C=C\CCCCCCCC(=O)O. The number of imide groups is 2. The molecule has 0 bridgehead atoms. The number of barbiturate groups is 1. The summed E-state index contributed by atoms with van der Waals surface area (Å²) in [5.41, 5.74) is -0.722. The minimum atomic E-state index is -1.31. The molecule has 0 aromatic heterocycles. The normalized spacial score (nSPS) is 14.6. The van der Waals surface area contributed by atoms with Crippen molar-refractivity contribution in [2.75, 3.05) is 0 Å². The topological polar surface area (TPSA) is 113 Å². The lowest BCUT2D eigenvalue weighted by Gasteiger charge is -2.33. The van der Waals surface area contributed by atoms with Gasteiger partial charge in [0.2, 0.25) is 11.8 Å². The van der Waals surface area contributed by atoms with E-state index >= 15 is 0 Å². The van der Waals surface area contributed by atoms with E-state index in [0.29, 0.717) is 18.4 Å². The molecule has 1 aromatic rings. The molecule has 7 heteroatoms.